The Hall–Kier alpha value is -2.03. The summed E-state index contributed by atoms with van der Waals surface area (Å²) >= 11 is 0. The van der Waals surface area contributed by atoms with Crippen LogP contribution in [0.1, 0.15) is 226 Å². The van der Waals surface area contributed by atoms with Gasteiger partial charge in [0.15, 0.2) is 0 Å². The normalized spacial score (nSPS) is 14.3. The number of phosphoric ester groups is 1. The van der Waals surface area contributed by atoms with E-state index in [1.54, 1.807) is 0 Å². The highest BCUT2D eigenvalue weighted by molar-refractivity contribution is 7.47. The zero-order valence-corrected chi connectivity index (χ0v) is 42.7. The van der Waals surface area contributed by atoms with Crippen molar-refractivity contribution >= 4 is 19.7 Å². The fourth-order valence-electron chi connectivity index (χ4n) is 7.29. The molecule has 3 unspecified atom stereocenters. The Bertz CT molecular complexity index is 1230. The standard InChI is InChI=1S/C53H99N2O7P/c1-7-10-13-16-19-22-25-27-30-32-35-38-41-44-51(62-53(57)46-43-40-37-34-31-28-26-23-20-17-14-11-8-2)50(49-61-63(58,59)60-48-47-55(4,5)6)54-52(56)45-42-39-36-33-29-24-21-18-15-12-9-3/h11,14,17,20,23,26,41,44,50-51H,7-10,12-13,15-16,18-19,21-22,24-25,27-40,42-43,45-49H2,1-6H3,(H-,54,56,58,59)/p+1/b14-11+,20-17+,26-23-,44-41+. The monoisotopic (exact) mass is 908 g/mol. The van der Waals surface area contributed by atoms with Crippen LogP contribution in [0.5, 0.6) is 0 Å². The predicted molar refractivity (Wildman–Crippen MR) is 268 cm³/mol. The van der Waals surface area contributed by atoms with E-state index < -0.39 is 20.0 Å². The van der Waals surface area contributed by atoms with Gasteiger partial charge in [-0.3, -0.25) is 18.6 Å². The molecule has 2 N–H and O–H groups in total. The maximum atomic E-state index is 13.4. The lowest BCUT2D eigenvalue weighted by atomic mass is 10.0. The smallest absolute Gasteiger partial charge is 0.456 e. The van der Waals surface area contributed by atoms with Crippen molar-refractivity contribution in [2.45, 2.75) is 238 Å². The number of esters is 1. The summed E-state index contributed by atoms with van der Waals surface area (Å²) in [6.45, 7) is 6.85. The molecule has 0 aliphatic rings. The minimum atomic E-state index is -4.44. The van der Waals surface area contributed by atoms with Gasteiger partial charge in [-0.15, -0.1) is 0 Å². The van der Waals surface area contributed by atoms with Crippen molar-refractivity contribution in [3.8, 4) is 0 Å². The van der Waals surface area contributed by atoms with E-state index in [2.05, 4.69) is 62.5 Å². The number of hydrogen-bond donors (Lipinski definition) is 2. The maximum absolute atomic E-state index is 13.4. The van der Waals surface area contributed by atoms with Crippen LogP contribution >= 0.6 is 7.82 Å². The first-order valence-electron chi connectivity index (χ1n) is 26.0. The van der Waals surface area contributed by atoms with Crippen LogP contribution in [0.15, 0.2) is 48.6 Å². The van der Waals surface area contributed by atoms with E-state index in [1.807, 2.05) is 33.3 Å². The molecule has 0 radical (unpaired) electrons. The van der Waals surface area contributed by atoms with Crippen LogP contribution in [-0.4, -0.2) is 74.3 Å². The maximum Gasteiger partial charge on any atom is 0.472 e. The second-order valence-electron chi connectivity index (χ2n) is 18.7. The number of carbonyl (C=O) groups excluding carboxylic acids is 2. The Balaban J connectivity index is 5.48. The van der Waals surface area contributed by atoms with Gasteiger partial charge in [-0.2, -0.15) is 0 Å². The molecule has 0 heterocycles. The largest absolute Gasteiger partial charge is 0.472 e. The number of allylic oxidation sites excluding steroid dienone is 7. The van der Waals surface area contributed by atoms with Crippen LogP contribution < -0.4 is 5.32 Å². The SMILES string of the molecule is CC/C=C/C=C/C=C\CCCCCCCC(=O)OC(/C=C/CCCCCCCCCCCCC)C(COP(=O)(O)OCC[N+](C)(C)C)NC(=O)CCCCCCCCCCCCC. The van der Waals surface area contributed by atoms with Gasteiger partial charge in [-0.05, 0) is 51.0 Å². The third-order valence-corrected chi connectivity index (χ3v) is 12.3. The summed E-state index contributed by atoms with van der Waals surface area (Å²) in [5.41, 5.74) is 0. The lowest BCUT2D eigenvalue weighted by Gasteiger charge is -2.27. The lowest BCUT2D eigenvalue weighted by molar-refractivity contribution is -0.870. The fraction of sp³-hybridized carbons (Fsp3) is 0.811. The molecule has 0 rings (SSSR count). The molecule has 0 aliphatic heterocycles. The minimum Gasteiger partial charge on any atom is -0.456 e. The van der Waals surface area contributed by atoms with E-state index in [0.29, 0.717) is 23.9 Å². The van der Waals surface area contributed by atoms with Crippen molar-refractivity contribution in [2.24, 2.45) is 0 Å². The summed E-state index contributed by atoms with van der Waals surface area (Å²) in [4.78, 5) is 37.4. The van der Waals surface area contributed by atoms with Crippen molar-refractivity contribution in [3.63, 3.8) is 0 Å². The second-order valence-corrected chi connectivity index (χ2v) is 20.2. The molecule has 10 heteroatoms. The van der Waals surface area contributed by atoms with E-state index in [-0.39, 0.29) is 31.5 Å². The van der Waals surface area contributed by atoms with Crippen LogP contribution in [0, 0.1) is 0 Å². The number of hydrogen-bond acceptors (Lipinski definition) is 6. The molecule has 0 aliphatic carbocycles. The quantitative estimate of drug-likeness (QED) is 0.0156. The summed E-state index contributed by atoms with van der Waals surface area (Å²) in [6, 6.07) is -0.851. The Morgan fingerprint density at radius 1 is 0.571 bits per heavy atom. The van der Waals surface area contributed by atoms with Gasteiger partial charge in [0.1, 0.15) is 19.3 Å². The van der Waals surface area contributed by atoms with Gasteiger partial charge in [0.25, 0.3) is 0 Å². The minimum absolute atomic E-state index is 0.0371. The first-order chi connectivity index (χ1) is 30.4. The molecule has 3 atom stereocenters. The summed E-state index contributed by atoms with van der Waals surface area (Å²) in [6.07, 6.45) is 51.0. The highest BCUT2D eigenvalue weighted by Gasteiger charge is 2.30. The average Bonchev–Trinajstić information content (AvgIpc) is 3.23. The molecular weight excluding hydrogens is 808 g/mol. The second kappa shape index (κ2) is 43.8. The van der Waals surface area contributed by atoms with Crippen LogP contribution in [0.4, 0.5) is 0 Å². The Morgan fingerprint density at radius 3 is 1.51 bits per heavy atom. The lowest BCUT2D eigenvalue weighted by Crippen LogP contribution is -2.47. The van der Waals surface area contributed by atoms with E-state index >= 15 is 0 Å². The zero-order valence-electron chi connectivity index (χ0n) is 41.8. The molecule has 0 fully saturated rings. The van der Waals surface area contributed by atoms with E-state index in [0.717, 1.165) is 77.0 Å². The summed E-state index contributed by atoms with van der Waals surface area (Å²) < 4.78 is 30.5. The Morgan fingerprint density at radius 2 is 1.02 bits per heavy atom. The number of carbonyl (C=O) groups is 2. The number of rotatable bonds is 46. The van der Waals surface area contributed by atoms with Crippen molar-refractivity contribution in [1.29, 1.82) is 0 Å². The van der Waals surface area contributed by atoms with Gasteiger partial charge in [0.2, 0.25) is 5.91 Å². The first kappa shape index (κ1) is 61.0. The summed E-state index contributed by atoms with van der Waals surface area (Å²) in [5, 5.41) is 3.03. The number of amides is 1. The van der Waals surface area contributed by atoms with Gasteiger partial charge in [0.05, 0.1) is 33.8 Å². The molecular formula is C53H100N2O7P+. The predicted octanol–water partition coefficient (Wildman–Crippen LogP) is 15.0. The molecule has 0 aromatic heterocycles. The topological polar surface area (TPSA) is 111 Å². The molecule has 63 heavy (non-hydrogen) atoms. The molecule has 9 nitrogen and oxygen atoms in total. The molecule has 368 valence electrons. The molecule has 0 aromatic rings. The zero-order chi connectivity index (χ0) is 46.5. The molecule has 0 spiro atoms. The molecule has 0 aromatic carbocycles. The van der Waals surface area contributed by atoms with E-state index in [1.165, 1.54) is 109 Å². The number of nitrogens with zero attached hydrogens (tertiary/aromatic N) is 1. The fourth-order valence-corrected chi connectivity index (χ4v) is 8.03. The van der Waals surface area contributed by atoms with E-state index in [4.69, 9.17) is 13.8 Å². The molecule has 0 saturated heterocycles. The third kappa shape index (κ3) is 44.9. The number of phosphoric acid groups is 1. The van der Waals surface area contributed by atoms with Crippen molar-refractivity contribution in [1.82, 2.24) is 5.32 Å². The van der Waals surface area contributed by atoms with Crippen molar-refractivity contribution in [2.75, 3.05) is 40.9 Å². The van der Waals surface area contributed by atoms with Gasteiger partial charge in [-0.25, -0.2) is 4.57 Å². The van der Waals surface area contributed by atoms with Crippen LogP contribution in [0.3, 0.4) is 0 Å². The Kier molecular flexibility index (Phi) is 42.4. The highest BCUT2D eigenvalue weighted by atomic mass is 31.2. The number of quaternary nitrogens is 1. The van der Waals surface area contributed by atoms with E-state index in [9.17, 15) is 19.0 Å². The van der Waals surface area contributed by atoms with Crippen molar-refractivity contribution in [3.05, 3.63) is 48.6 Å². The van der Waals surface area contributed by atoms with Gasteiger partial charge >= 0.3 is 13.8 Å². The summed E-state index contributed by atoms with van der Waals surface area (Å²) in [7, 11) is 1.48. The van der Waals surface area contributed by atoms with Gasteiger partial charge < -0.3 is 19.4 Å². The van der Waals surface area contributed by atoms with Gasteiger partial charge in [-0.1, -0.05) is 211 Å². The molecule has 1 amide bonds. The average molecular weight is 908 g/mol. The number of likely N-dealkylation sites (N-methyl/N-ethyl adjacent to an activating group) is 1. The number of nitrogens with one attached hydrogen (secondary N) is 1. The number of ether oxygens (including phenoxy) is 1. The number of unbranched alkanes of at least 4 members (excludes halogenated alkanes) is 26. The highest BCUT2D eigenvalue weighted by Crippen LogP contribution is 2.43. The van der Waals surface area contributed by atoms with Crippen LogP contribution in [-0.2, 0) is 27.9 Å². The van der Waals surface area contributed by atoms with Crippen molar-refractivity contribution < 1.29 is 37.3 Å². The summed E-state index contributed by atoms with van der Waals surface area (Å²) in [5.74, 6) is -0.528. The van der Waals surface area contributed by atoms with Crippen LogP contribution in [0.25, 0.3) is 0 Å². The molecule has 0 saturated carbocycles. The third-order valence-electron chi connectivity index (χ3n) is 11.3. The molecule has 0 bridgehead atoms. The van der Waals surface area contributed by atoms with Crippen LogP contribution in [0.2, 0.25) is 0 Å². The first-order valence-corrected chi connectivity index (χ1v) is 27.5. The Labute approximate surface area is 388 Å². The van der Waals surface area contributed by atoms with Gasteiger partial charge in [0, 0.05) is 12.8 Å².